The SMILES string of the molecule is NC1CC(N2C(=O)C3CCC(F)CC3C2=O)C(F)CC1Cl. The fourth-order valence-corrected chi connectivity index (χ4v) is 4.14. The van der Waals surface area contributed by atoms with Crippen molar-refractivity contribution in [3.63, 3.8) is 0 Å². The summed E-state index contributed by atoms with van der Waals surface area (Å²) in [6.07, 6.45) is -1.48. The molecule has 3 rings (SSSR count). The van der Waals surface area contributed by atoms with E-state index < -0.39 is 47.5 Å². The van der Waals surface area contributed by atoms with Crippen molar-refractivity contribution in [3.8, 4) is 0 Å². The van der Waals surface area contributed by atoms with Crippen molar-refractivity contribution in [1.29, 1.82) is 0 Å². The van der Waals surface area contributed by atoms with E-state index >= 15 is 0 Å². The molecule has 7 heteroatoms. The zero-order valence-electron chi connectivity index (χ0n) is 11.6. The van der Waals surface area contributed by atoms with Crippen LogP contribution < -0.4 is 5.73 Å². The van der Waals surface area contributed by atoms with Crippen LogP contribution in [0.3, 0.4) is 0 Å². The summed E-state index contributed by atoms with van der Waals surface area (Å²) in [7, 11) is 0. The molecule has 0 bridgehead atoms. The molecule has 1 heterocycles. The van der Waals surface area contributed by atoms with Gasteiger partial charge >= 0.3 is 0 Å². The maximum absolute atomic E-state index is 14.3. The number of nitrogens with two attached hydrogens (primary N) is 1. The van der Waals surface area contributed by atoms with Gasteiger partial charge in [0.25, 0.3) is 0 Å². The van der Waals surface area contributed by atoms with Crippen LogP contribution in [0.2, 0.25) is 0 Å². The molecule has 0 aromatic carbocycles. The molecule has 1 aliphatic heterocycles. The predicted octanol–water partition coefficient (Wildman–Crippen LogP) is 1.54. The quantitative estimate of drug-likeness (QED) is 0.589. The number of amides is 2. The minimum Gasteiger partial charge on any atom is -0.326 e. The standard InChI is InChI=1S/C14H19ClF2N2O2/c15-9-4-10(17)12(5-11(9)18)19-13(20)7-2-1-6(16)3-8(7)14(19)21/h6-12H,1-5,18H2. The lowest BCUT2D eigenvalue weighted by Crippen LogP contribution is -2.54. The van der Waals surface area contributed by atoms with Gasteiger partial charge in [0, 0.05) is 6.04 Å². The van der Waals surface area contributed by atoms with Crippen molar-refractivity contribution < 1.29 is 18.4 Å². The van der Waals surface area contributed by atoms with Crippen molar-refractivity contribution >= 4 is 23.4 Å². The molecule has 21 heavy (non-hydrogen) atoms. The molecule has 118 valence electrons. The van der Waals surface area contributed by atoms with Crippen molar-refractivity contribution in [2.75, 3.05) is 0 Å². The number of imide groups is 1. The maximum Gasteiger partial charge on any atom is 0.233 e. The van der Waals surface area contributed by atoms with Crippen LogP contribution >= 0.6 is 11.6 Å². The number of hydrogen-bond acceptors (Lipinski definition) is 3. The minimum absolute atomic E-state index is 0.0333. The highest BCUT2D eigenvalue weighted by molar-refractivity contribution is 6.21. The van der Waals surface area contributed by atoms with E-state index in [2.05, 4.69) is 0 Å². The van der Waals surface area contributed by atoms with Crippen LogP contribution in [0.4, 0.5) is 8.78 Å². The highest BCUT2D eigenvalue weighted by atomic mass is 35.5. The Morgan fingerprint density at radius 3 is 2.43 bits per heavy atom. The molecule has 2 saturated carbocycles. The second kappa shape index (κ2) is 5.47. The van der Waals surface area contributed by atoms with Crippen LogP contribution in [0.25, 0.3) is 0 Å². The van der Waals surface area contributed by atoms with Gasteiger partial charge in [-0.1, -0.05) is 0 Å². The van der Waals surface area contributed by atoms with Crippen LogP contribution in [0.15, 0.2) is 0 Å². The Labute approximate surface area is 127 Å². The molecular weight excluding hydrogens is 302 g/mol. The van der Waals surface area contributed by atoms with Gasteiger partial charge in [-0.25, -0.2) is 8.78 Å². The summed E-state index contributed by atoms with van der Waals surface area (Å²) in [6, 6.07) is -1.29. The first-order valence-corrected chi connectivity index (χ1v) is 7.88. The smallest absolute Gasteiger partial charge is 0.233 e. The number of nitrogens with zero attached hydrogens (tertiary/aromatic N) is 1. The third kappa shape index (κ3) is 2.46. The van der Waals surface area contributed by atoms with Crippen LogP contribution in [-0.4, -0.2) is 46.5 Å². The Morgan fingerprint density at radius 1 is 1.05 bits per heavy atom. The van der Waals surface area contributed by atoms with Gasteiger partial charge in [0.05, 0.1) is 23.3 Å². The molecule has 2 amide bonds. The molecule has 0 aromatic rings. The number of halogens is 3. The van der Waals surface area contributed by atoms with Gasteiger partial charge in [-0.15, -0.1) is 11.6 Å². The lowest BCUT2D eigenvalue weighted by atomic mass is 9.80. The molecule has 7 unspecified atom stereocenters. The number of rotatable bonds is 1. The lowest BCUT2D eigenvalue weighted by Gasteiger charge is -2.37. The summed E-state index contributed by atoms with van der Waals surface area (Å²) in [4.78, 5) is 25.9. The Morgan fingerprint density at radius 2 is 1.71 bits per heavy atom. The van der Waals surface area contributed by atoms with E-state index in [-0.39, 0.29) is 25.2 Å². The molecule has 0 spiro atoms. The molecule has 4 nitrogen and oxygen atoms in total. The Balaban J connectivity index is 1.82. The number of carbonyl (C=O) groups excluding carboxylic acids is 2. The lowest BCUT2D eigenvalue weighted by molar-refractivity contribution is -0.145. The number of likely N-dealkylation sites (tertiary alicyclic amines) is 1. The first-order valence-electron chi connectivity index (χ1n) is 7.44. The fourth-order valence-electron chi connectivity index (χ4n) is 3.87. The molecule has 1 saturated heterocycles. The van der Waals surface area contributed by atoms with E-state index in [0.29, 0.717) is 12.8 Å². The summed E-state index contributed by atoms with van der Waals surface area (Å²) in [5.74, 6) is -1.90. The van der Waals surface area contributed by atoms with Gasteiger partial charge in [-0.3, -0.25) is 14.5 Å². The number of alkyl halides is 3. The Hall–Kier alpha value is -0.750. The second-order valence-corrected chi connectivity index (χ2v) is 6.96. The Bertz CT molecular complexity index is 464. The average Bonchev–Trinajstić information content (AvgIpc) is 2.66. The van der Waals surface area contributed by atoms with Crippen molar-refractivity contribution in [3.05, 3.63) is 0 Å². The van der Waals surface area contributed by atoms with Gasteiger partial charge < -0.3 is 5.73 Å². The van der Waals surface area contributed by atoms with Crippen molar-refractivity contribution in [2.24, 2.45) is 17.6 Å². The summed E-state index contributed by atoms with van der Waals surface area (Å²) in [6.45, 7) is 0. The highest BCUT2D eigenvalue weighted by Crippen LogP contribution is 2.42. The van der Waals surface area contributed by atoms with Crippen LogP contribution in [0.5, 0.6) is 0 Å². The molecule has 7 atom stereocenters. The van der Waals surface area contributed by atoms with Crippen LogP contribution in [-0.2, 0) is 9.59 Å². The molecule has 0 aromatic heterocycles. The first kappa shape index (κ1) is 15.2. The molecule has 0 radical (unpaired) electrons. The van der Waals surface area contributed by atoms with E-state index in [1.807, 2.05) is 0 Å². The maximum atomic E-state index is 14.3. The average molecular weight is 321 g/mol. The third-order valence-electron chi connectivity index (χ3n) is 5.07. The predicted molar refractivity (Wildman–Crippen MR) is 73.1 cm³/mol. The number of carbonyl (C=O) groups is 2. The summed E-state index contributed by atoms with van der Waals surface area (Å²) in [5, 5.41) is -0.485. The number of hydrogen-bond donors (Lipinski definition) is 1. The van der Waals surface area contributed by atoms with E-state index in [9.17, 15) is 18.4 Å². The van der Waals surface area contributed by atoms with Gasteiger partial charge in [0.2, 0.25) is 11.8 Å². The van der Waals surface area contributed by atoms with Crippen molar-refractivity contribution in [1.82, 2.24) is 4.90 Å². The monoisotopic (exact) mass is 320 g/mol. The Kier molecular flexibility index (Phi) is 3.94. The number of fused-ring (bicyclic) bond motifs is 1. The van der Waals surface area contributed by atoms with Gasteiger partial charge in [-0.05, 0) is 32.1 Å². The fraction of sp³-hybridized carbons (Fsp3) is 0.857. The first-order chi connectivity index (χ1) is 9.90. The van der Waals surface area contributed by atoms with Gasteiger partial charge in [0.1, 0.15) is 12.3 Å². The zero-order chi connectivity index (χ0) is 15.3. The van der Waals surface area contributed by atoms with Gasteiger partial charge in [-0.2, -0.15) is 0 Å². The second-order valence-electron chi connectivity index (χ2n) is 6.40. The van der Waals surface area contributed by atoms with Crippen molar-refractivity contribution in [2.45, 2.75) is 61.9 Å². The molecule has 3 aliphatic rings. The van der Waals surface area contributed by atoms with E-state index in [0.717, 1.165) is 4.90 Å². The van der Waals surface area contributed by atoms with Crippen LogP contribution in [0.1, 0.15) is 32.1 Å². The summed E-state index contributed by atoms with van der Waals surface area (Å²) < 4.78 is 27.8. The third-order valence-corrected chi connectivity index (χ3v) is 5.58. The molecule has 3 fully saturated rings. The van der Waals surface area contributed by atoms with Crippen LogP contribution in [0, 0.1) is 11.8 Å². The van der Waals surface area contributed by atoms with E-state index in [4.69, 9.17) is 17.3 Å². The molecular formula is C14H19ClF2N2O2. The summed E-state index contributed by atoms with van der Waals surface area (Å²) >= 11 is 5.94. The minimum atomic E-state index is -1.36. The molecule has 2 aliphatic carbocycles. The zero-order valence-corrected chi connectivity index (χ0v) is 12.3. The van der Waals surface area contributed by atoms with Gasteiger partial charge in [0.15, 0.2) is 0 Å². The summed E-state index contributed by atoms with van der Waals surface area (Å²) in [5.41, 5.74) is 5.85. The molecule has 2 N–H and O–H groups in total. The largest absolute Gasteiger partial charge is 0.326 e. The van der Waals surface area contributed by atoms with E-state index in [1.165, 1.54) is 0 Å². The topological polar surface area (TPSA) is 63.4 Å². The highest BCUT2D eigenvalue weighted by Gasteiger charge is 2.54. The normalized spacial score (nSPS) is 47.6. The van der Waals surface area contributed by atoms with E-state index in [1.54, 1.807) is 0 Å².